The number of hydrogen-bond acceptors (Lipinski definition) is 5. The van der Waals surface area contributed by atoms with Crippen LogP contribution < -0.4 is 0 Å². The lowest BCUT2D eigenvalue weighted by molar-refractivity contribution is -0.0729. The molecular formula is C21H40O5. The van der Waals surface area contributed by atoms with Crippen LogP contribution in [0.5, 0.6) is 0 Å². The Morgan fingerprint density at radius 2 is 1.62 bits per heavy atom. The molecular weight excluding hydrogens is 332 g/mol. The van der Waals surface area contributed by atoms with Gasteiger partial charge in [0.2, 0.25) is 0 Å². The summed E-state index contributed by atoms with van der Waals surface area (Å²) in [6.45, 7) is 2.66. The van der Waals surface area contributed by atoms with Crippen molar-refractivity contribution in [2.24, 2.45) is 0 Å². The molecule has 5 heteroatoms. The first-order valence-electron chi connectivity index (χ1n) is 10.6. The second kappa shape index (κ2) is 15.6. The van der Waals surface area contributed by atoms with E-state index in [2.05, 4.69) is 19.1 Å². The standard InChI is InChI=1S/C21H40O5/c1-2-3-4-5-6-7-8-9-10-11-12-13-14-15-25-19-17-26-21(20(19)24)18(23)16-22/h11-12,18-24H,2-10,13-17H2,1H3/b12-11+/t18-,19+,20-,21-/m1/s1. The minimum absolute atomic E-state index is 0.261. The zero-order valence-corrected chi connectivity index (χ0v) is 16.5. The van der Waals surface area contributed by atoms with Crippen LogP contribution in [0, 0.1) is 0 Å². The van der Waals surface area contributed by atoms with Gasteiger partial charge < -0.3 is 24.8 Å². The molecule has 1 fully saturated rings. The topological polar surface area (TPSA) is 79.2 Å². The van der Waals surface area contributed by atoms with Gasteiger partial charge in [0, 0.05) is 6.61 Å². The molecule has 0 radical (unpaired) electrons. The highest BCUT2D eigenvalue weighted by molar-refractivity contribution is 4.89. The van der Waals surface area contributed by atoms with Crippen molar-refractivity contribution in [3.63, 3.8) is 0 Å². The Hall–Kier alpha value is -0.460. The highest BCUT2D eigenvalue weighted by atomic mass is 16.6. The second-order valence-corrected chi connectivity index (χ2v) is 7.32. The molecule has 0 aromatic rings. The van der Waals surface area contributed by atoms with Crippen molar-refractivity contribution in [1.29, 1.82) is 0 Å². The maximum Gasteiger partial charge on any atom is 0.114 e. The van der Waals surface area contributed by atoms with E-state index in [9.17, 15) is 10.2 Å². The van der Waals surface area contributed by atoms with Crippen LogP contribution in [0.25, 0.3) is 0 Å². The van der Waals surface area contributed by atoms with Gasteiger partial charge in [0.05, 0.1) is 13.2 Å². The molecule has 0 spiro atoms. The Morgan fingerprint density at radius 3 is 2.27 bits per heavy atom. The summed E-state index contributed by atoms with van der Waals surface area (Å²) < 4.78 is 10.9. The summed E-state index contributed by atoms with van der Waals surface area (Å²) in [5.74, 6) is 0. The predicted octanol–water partition coefficient (Wildman–Crippen LogP) is 3.35. The Bertz CT molecular complexity index is 347. The van der Waals surface area contributed by atoms with E-state index in [0.29, 0.717) is 6.61 Å². The van der Waals surface area contributed by atoms with Crippen LogP contribution in [0.3, 0.4) is 0 Å². The number of rotatable bonds is 16. The largest absolute Gasteiger partial charge is 0.394 e. The van der Waals surface area contributed by atoms with Crippen molar-refractivity contribution in [1.82, 2.24) is 0 Å². The van der Waals surface area contributed by atoms with Crippen LogP contribution >= 0.6 is 0 Å². The van der Waals surface area contributed by atoms with Gasteiger partial charge in [-0.15, -0.1) is 0 Å². The molecule has 1 aliphatic heterocycles. The molecule has 0 aromatic carbocycles. The lowest BCUT2D eigenvalue weighted by atomic mass is 10.1. The van der Waals surface area contributed by atoms with Gasteiger partial charge >= 0.3 is 0 Å². The summed E-state index contributed by atoms with van der Waals surface area (Å²) >= 11 is 0. The zero-order valence-electron chi connectivity index (χ0n) is 16.5. The van der Waals surface area contributed by atoms with Gasteiger partial charge in [-0.1, -0.05) is 64.0 Å². The zero-order chi connectivity index (χ0) is 19.0. The normalized spacial score (nSPS) is 24.5. The quantitative estimate of drug-likeness (QED) is 0.286. The smallest absolute Gasteiger partial charge is 0.114 e. The molecule has 4 atom stereocenters. The molecule has 1 rings (SSSR count). The van der Waals surface area contributed by atoms with Crippen LogP contribution in [-0.2, 0) is 9.47 Å². The molecule has 0 saturated carbocycles. The minimum Gasteiger partial charge on any atom is -0.394 e. The van der Waals surface area contributed by atoms with Gasteiger partial charge in [-0.3, -0.25) is 0 Å². The molecule has 0 bridgehead atoms. The SMILES string of the molecule is CCCCCCCCCC/C=C/CCCO[C@H]1CO[C@H]([C@H](O)CO)[C@@H]1O. The van der Waals surface area contributed by atoms with E-state index in [0.717, 1.165) is 19.3 Å². The maximum atomic E-state index is 10.0. The molecule has 1 aliphatic rings. The van der Waals surface area contributed by atoms with Crippen LogP contribution in [0.4, 0.5) is 0 Å². The first-order chi connectivity index (χ1) is 12.7. The average Bonchev–Trinajstić information content (AvgIpc) is 3.02. The first kappa shape index (κ1) is 23.6. The van der Waals surface area contributed by atoms with Crippen LogP contribution in [0.15, 0.2) is 12.2 Å². The van der Waals surface area contributed by atoms with Gasteiger partial charge in [-0.2, -0.15) is 0 Å². The number of aliphatic hydroxyl groups is 3. The second-order valence-electron chi connectivity index (χ2n) is 7.32. The molecule has 1 heterocycles. The molecule has 1 saturated heterocycles. The monoisotopic (exact) mass is 372 g/mol. The van der Waals surface area contributed by atoms with E-state index in [-0.39, 0.29) is 6.61 Å². The molecule has 26 heavy (non-hydrogen) atoms. The Labute approximate surface area is 159 Å². The molecule has 154 valence electrons. The molecule has 0 aromatic heterocycles. The summed E-state index contributed by atoms with van der Waals surface area (Å²) in [6, 6.07) is 0. The van der Waals surface area contributed by atoms with Crippen molar-refractivity contribution in [2.45, 2.75) is 102 Å². The fourth-order valence-corrected chi connectivity index (χ4v) is 3.27. The Kier molecular flexibility index (Phi) is 14.1. The van der Waals surface area contributed by atoms with Crippen LogP contribution in [0.2, 0.25) is 0 Å². The highest BCUT2D eigenvalue weighted by Gasteiger charge is 2.40. The highest BCUT2D eigenvalue weighted by Crippen LogP contribution is 2.20. The van der Waals surface area contributed by atoms with Crippen molar-refractivity contribution in [3.05, 3.63) is 12.2 Å². The number of ether oxygens (including phenoxy) is 2. The van der Waals surface area contributed by atoms with Gasteiger partial charge in [0.25, 0.3) is 0 Å². The summed E-state index contributed by atoms with van der Waals surface area (Å²) in [6.07, 6.45) is 15.3. The molecule has 0 unspecified atom stereocenters. The minimum atomic E-state index is -1.06. The molecule has 0 aliphatic carbocycles. The summed E-state index contributed by atoms with van der Waals surface area (Å²) in [4.78, 5) is 0. The third-order valence-electron chi connectivity index (χ3n) is 4.97. The van der Waals surface area contributed by atoms with Gasteiger partial charge in [0.15, 0.2) is 0 Å². The van der Waals surface area contributed by atoms with E-state index in [1.807, 2.05) is 0 Å². The van der Waals surface area contributed by atoms with E-state index in [4.69, 9.17) is 14.6 Å². The lowest BCUT2D eigenvalue weighted by Crippen LogP contribution is -2.41. The van der Waals surface area contributed by atoms with Gasteiger partial charge in [-0.05, 0) is 25.7 Å². The maximum absolute atomic E-state index is 10.0. The summed E-state index contributed by atoms with van der Waals surface area (Å²) in [5, 5.41) is 28.5. The third-order valence-corrected chi connectivity index (χ3v) is 4.97. The third kappa shape index (κ3) is 10.0. The van der Waals surface area contributed by atoms with Crippen molar-refractivity contribution in [2.75, 3.05) is 19.8 Å². The van der Waals surface area contributed by atoms with E-state index < -0.39 is 31.0 Å². The predicted molar refractivity (Wildman–Crippen MR) is 104 cm³/mol. The lowest BCUT2D eigenvalue weighted by Gasteiger charge is -2.20. The van der Waals surface area contributed by atoms with E-state index in [1.165, 1.54) is 51.4 Å². The van der Waals surface area contributed by atoms with Crippen molar-refractivity contribution < 1.29 is 24.8 Å². The fraction of sp³-hybridized carbons (Fsp3) is 0.905. The molecule has 0 amide bonds. The van der Waals surface area contributed by atoms with Gasteiger partial charge in [0.1, 0.15) is 24.4 Å². The van der Waals surface area contributed by atoms with Gasteiger partial charge in [-0.25, -0.2) is 0 Å². The van der Waals surface area contributed by atoms with Crippen LogP contribution in [0.1, 0.15) is 77.6 Å². The Morgan fingerprint density at radius 1 is 1.00 bits per heavy atom. The van der Waals surface area contributed by atoms with Crippen molar-refractivity contribution >= 4 is 0 Å². The fourth-order valence-electron chi connectivity index (χ4n) is 3.27. The number of allylic oxidation sites excluding steroid dienone is 2. The van der Waals surface area contributed by atoms with E-state index in [1.54, 1.807) is 0 Å². The average molecular weight is 373 g/mol. The molecule has 5 nitrogen and oxygen atoms in total. The van der Waals surface area contributed by atoms with Crippen molar-refractivity contribution in [3.8, 4) is 0 Å². The molecule has 3 N–H and O–H groups in total. The van der Waals surface area contributed by atoms with E-state index >= 15 is 0 Å². The summed E-state index contributed by atoms with van der Waals surface area (Å²) in [7, 11) is 0. The number of aliphatic hydroxyl groups excluding tert-OH is 3. The summed E-state index contributed by atoms with van der Waals surface area (Å²) in [5.41, 5.74) is 0. The first-order valence-corrected chi connectivity index (χ1v) is 10.6. The number of hydrogen-bond donors (Lipinski definition) is 3. The Balaban J connectivity index is 1.91. The van der Waals surface area contributed by atoms with Crippen LogP contribution in [-0.4, -0.2) is 59.6 Å². The number of unbranched alkanes of at least 4 members (excludes halogenated alkanes) is 9.